The molecule has 3 heterocycles. The van der Waals surface area contributed by atoms with Crippen LogP contribution in [-0.4, -0.2) is 53.9 Å². The number of nitrogens with one attached hydrogen (secondary N) is 1. The standard InChI is InChI=1S/C22H28N4O/c1-25-13-9-22(10-14-25)11-15-26(17-22)21(27)19-7-2-3-8-20(19)24-16-18-6-4-5-12-23-18/h2-8,12,24H,9-11,13-17H2,1H3. The second-order valence-electron chi connectivity index (χ2n) is 8.00. The molecular formula is C22H28N4O. The number of nitrogens with zero attached hydrogens (tertiary/aromatic N) is 3. The number of anilines is 1. The molecule has 0 radical (unpaired) electrons. The molecule has 0 aliphatic carbocycles. The van der Waals surface area contributed by atoms with E-state index in [4.69, 9.17) is 0 Å². The predicted molar refractivity (Wildman–Crippen MR) is 108 cm³/mol. The first-order valence-corrected chi connectivity index (χ1v) is 9.86. The fraction of sp³-hybridized carbons (Fsp3) is 0.455. The maximum atomic E-state index is 13.2. The zero-order valence-corrected chi connectivity index (χ0v) is 16.0. The summed E-state index contributed by atoms with van der Waals surface area (Å²) in [5.41, 5.74) is 2.94. The Morgan fingerprint density at radius 3 is 2.59 bits per heavy atom. The molecule has 142 valence electrons. The first kappa shape index (κ1) is 18.0. The van der Waals surface area contributed by atoms with Crippen molar-refractivity contribution in [3.63, 3.8) is 0 Å². The van der Waals surface area contributed by atoms with Crippen LogP contribution in [0, 0.1) is 5.41 Å². The summed E-state index contributed by atoms with van der Waals surface area (Å²) >= 11 is 0. The monoisotopic (exact) mass is 364 g/mol. The van der Waals surface area contributed by atoms with E-state index in [1.807, 2.05) is 42.5 Å². The molecule has 27 heavy (non-hydrogen) atoms. The SMILES string of the molecule is CN1CCC2(CC1)CCN(C(=O)c1ccccc1NCc1ccccn1)C2. The highest BCUT2D eigenvalue weighted by molar-refractivity contribution is 5.99. The van der Waals surface area contributed by atoms with Crippen LogP contribution < -0.4 is 5.32 Å². The highest BCUT2D eigenvalue weighted by Crippen LogP contribution is 2.40. The van der Waals surface area contributed by atoms with Gasteiger partial charge in [0.15, 0.2) is 0 Å². The molecule has 1 aromatic heterocycles. The molecule has 2 saturated heterocycles. The lowest BCUT2D eigenvalue weighted by Crippen LogP contribution is -2.40. The molecule has 0 bridgehead atoms. The van der Waals surface area contributed by atoms with Gasteiger partial charge in [0.1, 0.15) is 0 Å². The van der Waals surface area contributed by atoms with Gasteiger partial charge in [0.2, 0.25) is 0 Å². The van der Waals surface area contributed by atoms with Crippen LogP contribution in [0.25, 0.3) is 0 Å². The number of piperidine rings is 1. The zero-order valence-electron chi connectivity index (χ0n) is 16.0. The van der Waals surface area contributed by atoms with Gasteiger partial charge in [0, 0.05) is 25.0 Å². The smallest absolute Gasteiger partial charge is 0.255 e. The summed E-state index contributed by atoms with van der Waals surface area (Å²) in [4.78, 5) is 22.0. The average molecular weight is 364 g/mol. The van der Waals surface area contributed by atoms with Crippen LogP contribution in [0.15, 0.2) is 48.7 Å². The van der Waals surface area contributed by atoms with Gasteiger partial charge in [-0.3, -0.25) is 9.78 Å². The van der Waals surface area contributed by atoms with Crippen molar-refractivity contribution in [3.8, 4) is 0 Å². The molecule has 0 atom stereocenters. The number of rotatable bonds is 4. The van der Waals surface area contributed by atoms with E-state index in [1.54, 1.807) is 6.20 Å². The Morgan fingerprint density at radius 2 is 1.81 bits per heavy atom. The number of carbonyl (C=O) groups is 1. The van der Waals surface area contributed by atoms with Gasteiger partial charge in [0.05, 0.1) is 17.8 Å². The number of carbonyl (C=O) groups excluding carboxylic acids is 1. The second kappa shape index (κ2) is 7.69. The van der Waals surface area contributed by atoms with Crippen molar-refractivity contribution in [1.82, 2.24) is 14.8 Å². The van der Waals surface area contributed by atoms with E-state index in [0.29, 0.717) is 12.0 Å². The van der Waals surface area contributed by atoms with Crippen molar-refractivity contribution in [2.45, 2.75) is 25.8 Å². The van der Waals surface area contributed by atoms with Crippen molar-refractivity contribution in [1.29, 1.82) is 0 Å². The van der Waals surface area contributed by atoms with Crippen molar-refractivity contribution >= 4 is 11.6 Å². The highest BCUT2D eigenvalue weighted by Gasteiger charge is 2.41. The molecule has 1 N–H and O–H groups in total. The summed E-state index contributed by atoms with van der Waals surface area (Å²) in [6.07, 6.45) is 5.33. The lowest BCUT2D eigenvalue weighted by Gasteiger charge is -2.37. The Bertz CT molecular complexity index is 784. The summed E-state index contributed by atoms with van der Waals surface area (Å²) in [6, 6.07) is 13.7. The van der Waals surface area contributed by atoms with Crippen molar-refractivity contribution < 1.29 is 4.79 Å². The molecule has 1 spiro atoms. The van der Waals surface area contributed by atoms with E-state index in [1.165, 1.54) is 12.8 Å². The average Bonchev–Trinajstić information content (AvgIpc) is 3.13. The molecule has 2 aliphatic heterocycles. The minimum absolute atomic E-state index is 0.148. The largest absolute Gasteiger partial charge is 0.379 e. The predicted octanol–water partition coefficient (Wildman–Crippen LogP) is 3.25. The molecule has 5 heteroatoms. The molecule has 4 rings (SSSR count). The van der Waals surface area contributed by atoms with Crippen molar-refractivity contribution in [2.75, 3.05) is 38.5 Å². The number of hydrogen-bond acceptors (Lipinski definition) is 4. The van der Waals surface area contributed by atoms with Gasteiger partial charge >= 0.3 is 0 Å². The topological polar surface area (TPSA) is 48.5 Å². The van der Waals surface area contributed by atoms with Crippen LogP contribution in [-0.2, 0) is 6.54 Å². The number of aromatic nitrogens is 1. The van der Waals surface area contributed by atoms with Gasteiger partial charge in [0.25, 0.3) is 5.91 Å². The molecule has 5 nitrogen and oxygen atoms in total. The number of likely N-dealkylation sites (tertiary alicyclic amines) is 2. The van der Waals surface area contributed by atoms with E-state index in [2.05, 4.69) is 27.1 Å². The third-order valence-corrected chi connectivity index (χ3v) is 6.12. The number of hydrogen-bond donors (Lipinski definition) is 1. The van der Waals surface area contributed by atoms with Crippen molar-refractivity contribution in [2.24, 2.45) is 5.41 Å². The maximum Gasteiger partial charge on any atom is 0.255 e. The molecule has 2 aliphatic rings. The minimum Gasteiger partial charge on any atom is -0.379 e. The number of para-hydroxylation sites is 1. The first-order chi connectivity index (χ1) is 13.2. The summed E-state index contributed by atoms with van der Waals surface area (Å²) in [7, 11) is 2.19. The van der Waals surface area contributed by atoms with Crippen LogP contribution >= 0.6 is 0 Å². The van der Waals surface area contributed by atoms with Gasteiger partial charge in [-0.2, -0.15) is 0 Å². The molecule has 0 unspecified atom stereocenters. The molecule has 1 amide bonds. The Kier molecular flexibility index (Phi) is 5.12. The number of pyridine rings is 1. The lowest BCUT2D eigenvalue weighted by atomic mass is 9.78. The van der Waals surface area contributed by atoms with E-state index in [9.17, 15) is 4.79 Å². The number of amides is 1. The van der Waals surface area contributed by atoms with Gasteiger partial charge in [-0.05, 0) is 69.1 Å². The highest BCUT2D eigenvalue weighted by atomic mass is 16.2. The van der Waals surface area contributed by atoms with Crippen molar-refractivity contribution in [3.05, 3.63) is 59.9 Å². The Balaban J connectivity index is 1.45. The fourth-order valence-electron chi connectivity index (χ4n) is 4.29. The van der Waals surface area contributed by atoms with E-state index >= 15 is 0 Å². The third-order valence-electron chi connectivity index (χ3n) is 6.12. The summed E-state index contributed by atoms with van der Waals surface area (Å²) < 4.78 is 0. The molecule has 2 aromatic rings. The molecule has 1 aromatic carbocycles. The van der Waals surface area contributed by atoms with Crippen LogP contribution in [0.5, 0.6) is 0 Å². The van der Waals surface area contributed by atoms with Gasteiger partial charge in [-0.1, -0.05) is 18.2 Å². The summed E-state index contributed by atoms with van der Waals surface area (Å²) in [5.74, 6) is 0.148. The quantitative estimate of drug-likeness (QED) is 0.905. The second-order valence-corrected chi connectivity index (χ2v) is 8.00. The minimum atomic E-state index is 0.148. The lowest BCUT2D eigenvalue weighted by molar-refractivity contribution is 0.0737. The molecule has 2 fully saturated rings. The van der Waals surface area contributed by atoms with Gasteiger partial charge < -0.3 is 15.1 Å². The van der Waals surface area contributed by atoms with Crippen LogP contribution in [0.2, 0.25) is 0 Å². The van der Waals surface area contributed by atoms with Crippen LogP contribution in [0.1, 0.15) is 35.3 Å². The normalized spacial score (nSPS) is 19.4. The Morgan fingerprint density at radius 1 is 1.07 bits per heavy atom. The maximum absolute atomic E-state index is 13.2. The fourth-order valence-corrected chi connectivity index (χ4v) is 4.29. The summed E-state index contributed by atoms with van der Waals surface area (Å²) in [6.45, 7) is 4.67. The van der Waals surface area contributed by atoms with Gasteiger partial charge in [-0.15, -0.1) is 0 Å². The zero-order chi connectivity index (χ0) is 18.7. The van der Waals surface area contributed by atoms with Crippen LogP contribution in [0.3, 0.4) is 0 Å². The van der Waals surface area contributed by atoms with E-state index in [0.717, 1.165) is 49.5 Å². The molecular weight excluding hydrogens is 336 g/mol. The number of benzene rings is 1. The van der Waals surface area contributed by atoms with Crippen LogP contribution in [0.4, 0.5) is 5.69 Å². The Hall–Kier alpha value is -2.40. The first-order valence-electron chi connectivity index (χ1n) is 9.86. The van der Waals surface area contributed by atoms with E-state index < -0.39 is 0 Å². The van der Waals surface area contributed by atoms with E-state index in [-0.39, 0.29) is 5.91 Å². The Labute approximate surface area is 161 Å². The summed E-state index contributed by atoms with van der Waals surface area (Å²) in [5, 5.41) is 3.39. The third kappa shape index (κ3) is 3.98. The van der Waals surface area contributed by atoms with Gasteiger partial charge in [-0.25, -0.2) is 0 Å². The molecule has 0 saturated carbocycles.